The number of aliphatic hydroxyl groups is 1. The Hall–Kier alpha value is -3.05. The number of nitrogens with one attached hydrogen (secondary N) is 1. The molecule has 3 fully saturated rings. The number of carbonyl (C=O) groups excluding carboxylic acids is 1. The van der Waals surface area contributed by atoms with Crippen LogP contribution < -0.4 is 24.3 Å². The molecule has 1 saturated carbocycles. The summed E-state index contributed by atoms with van der Waals surface area (Å²) >= 11 is 0. The van der Waals surface area contributed by atoms with Crippen molar-refractivity contribution in [3.05, 3.63) is 47.0 Å². The van der Waals surface area contributed by atoms with E-state index < -0.39 is 34.9 Å². The first-order valence-corrected chi connectivity index (χ1v) is 12.4. The first-order chi connectivity index (χ1) is 17.9. The molecule has 3 heterocycles. The summed E-state index contributed by atoms with van der Waals surface area (Å²) in [6.07, 6.45) is -0.645. The molecule has 6 unspecified atom stereocenters. The molecule has 196 valence electrons. The number of methoxy groups -OCH3 is 3. The van der Waals surface area contributed by atoms with Gasteiger partial charge in [-0.1, -0.05) is 0 Å². The predicted octanol–water partition coefficient (Wildman–Crippen LogP) is 2.21. The van der Waals surface area contributed by atoms with Crippen molar-refractivity contribution < 1.29 is 43.1 Å². The van der Waals surface area contributed by atoms with Crippen LogP contribution in [0.3, 0.4) is 0 Å². The van der Waals surface area contributed by atoms with Crippen molar-refractivity contribution in [3.63, 3.8) is 0 Å². The smallest absolute Gasteiger partial charge is 0.338 e. The second-order valence-corrected chi connectivity index (χ2v) is 10.3. The number of aliphatic hydroxyl groups excluding tert-OH is 1. The number of carbonyl (C=O) groups is 1. The van der Waals surface area contributed by atoms with Crippen LogP contribution in [0.2, 0.25) is 0 Å². The third-order valence-corrected chi connectivity index (χ3v) is 9.08. The normalized spacial score (nSPS) is 36.1. The minimum Gasteiger partial charge on any atom is -0.493 e. The van der Waals surface area contributed by atoms with Gasteiger partial charge in [-0.3, -0.25) is 0 Å². The van der Waals surface area contributed by atoms with Crippen LogP contribution in [0, 0.1) is 0 Å². The molecule has 37 heavy (non-hydrogen) atoms. The Bertz CT molecular complexity index is 1300. The molecule has 0 aromatic heterocycles. The third kappa shape index (κ3) is 2.71. The Morgan fingerprint density at radius 3 is 2.59 bits per heavy atom. The van der Waals surface area contributed by atoms with Crippen LogP contribution in [0.5, 0.6) is 23.0 Å². The van der Waals surface area contributed by atoms with E-state index in [0.717, 1.165) is 17.5 Å². The van der Waals surface area contributed by atoms with Gasteiger partial charge in [0.1, 0.15) is 12.2 Å². The van der Waals surface area contributed by atoms with Gasteiger partial charge in [0.25, 0.3) is 0 Å². The van der Waals surface area contributed by atoms with E-state index in [0.29, 0.717) is 42.4 Å². The van der Waals surface area contributed by atoms with Gasteiger partial charge in [-0.2, -0.15) is 0 Å². The maximum Gasteiger partial charge on any atom is 0.338 e. The number of hydrogen-bond acceptors (Lipinski definition) is 10. The highest BCUT2D eigenvalue weighted by Crippen LogP contribution is 2.70. The lowest BCUT2D eigenvalue weighted by molar-refractivity contribution is -0.322. The molecule has 7 rings (SSSR count). The molecule has 3 aliphatic heterocycles. The van der Waals surface area contributed by atoms with Gasteiger partial charge >= 0.3 is 5.97 Å². The summed E-state index contributed by atoms with van der Waals surface area (Å²) in [7, 11) is 4.57. The van der Waals surface area contributed by atoms with Crippen molar-refractivity contribution in [3.8, 4) is 23.0 Å². The van der Waals surface area contributed by atoms with E-state index in [2.05, 4.69) is 5.32 Å². The summed E-state index contributed by atoms with van der Waals surface area (Å²) in [4.78, 5) is 13.3. The fourth-order valence-corrected chi connectivity index (χ4v) is 7.57. The fraction of sp³-hybridized carbons (Fsp3) is 0.519. The van der Waals surface area contributed by atoms with Crippen LogP contribution in [0.25, 0.3) is 0 Å². The average Bonchev–Trinajstić information content (AvgIpc) is 3.62. The highest BCUT2D eigenvalue weighted by molar-refractivity contribution is 5.90. The van der Waals surface area contributed by atoms with Crippen LogP contribution >= 0.6 is 0 Å². The van der Waals surface area contributed by atoms with Crippen LogP contribution in [0.15, 0.2) is 30.3 Å². The lowest BCUT2D eigenvalue weighted by Crippen LogP contribution is -2.77. The maximum atomic E-state index is 13.3. The standard InChI is InChI=1S/C27H29NO9/c1-31-17-5-4-14(8-18(17)32-2)24(30)36-22-11-25-6-7-28-26(25)12-21(37-27(26,33-3)23(22)29)15-9-19-20(10-16(15)25)35-13-34-19/h4-5,8-10,21-23,28-29H,6-7,11-13H2,1-3H3. The van der Waals surface area contributed by atoms with E-state index in [1.54, 1.807) is 25.3 Å². The van der Waals surface area contributed by atoms with E-state index in [-0.39, 0.29) is 18.5 Å². The van der Waals surface area contributed by atoms with Crippen LogP contribution in [-0.4, -0.2) is 69.3 Å². The average molecular weight is 512 g/mol. The van der Waals surface area contributed by atoms with E-state index in [4.69, 9.17) is 33.2 Å². The molecule has 6 atom stereocenters. The summed E-state index contributed by atoms with van der Waals surface area (Å²) in [6, 6.07) is 8.84. The van der Waals surface area contributed by atoms with Crippen LogP contribution in [0.1, 0.15) is 46.9 Å². The minimum absolute atomic E-state index is 0.173. The van der Waals surface area contributed by atoms with Gasteiger partial charge in [0.05, 0.1) is 31.4 Å². The Kier molecular flexibility index (Phi) is 4.83. The first kappa shape index (κ1) is 23.1. The molecule has 2 aromatic rings. The minimum atomic E-state index is -1.42. The Balaban J connectivity index is 1.31. The van der Waals surface area contributed by atoms with Gasteiger partial charge in [-0.25, -0.2) is 4.79 Å². The summed E-state index contributed by atoms with van der Waals surface area (Å²) in [5.41, 5.74) is 1.15. The zero-order chi connectivity index (χ0) is 25.6. The van der Waals surface area contributed by atoms with Crippen molar-refractivity contribution in [1.82, 2.24) is 5.32 Å². The molecular formula is C27H29NO9. The van der Waals surface area contributed by atoms with Crippen LogP contribution in [0.4, 0.5) is 0 Å². The fourth-order valence-electron chi connectivity index (χ4n) is 7.57. The summed E-state index contributed by atoms with van der Waals surface area (Å²) < 4.78 is 40.7. The zero-order valence-corrected chi connectivity index (χ0v) is 20.9. The van der Waals surface area contributed by atoms with Crippen molar-refractivity contribution in [1.29, 1.82) is 0 Å². The van der Waals surface area contributed by atoms with Crippen molar-refractivity contribution >= 4 is 5.97 Å². The third-order valence-electron chi connectivity index (χ3n) is 9.08. The number of hydrogen-bond donors (Lipinski definition) is 2. The van der Waals surface area contributed by atoms with Gasteiger partial charge in [0, 0.05) is 18.9 Å². The molecule has 2 saturated heterocycles. The van der Waals surface area contributed by atoms with Gasteiger partial charge in [-0.15, -0.1) is 0 Å². The van der Waals surface area contributed by atoms with E-state index in [9.17, 15) is 9.90 Å². The summed E-state index contributed by atoms with van der Waals surface area (Å²) in [6.45, 7) is 0.880. The molecule has 2 aromatic carbocycles. The van der Waals surface area contributed by atoms with E-state index in [1.807, 2.05) is 12.1 Å². The lowest BCUT2D eigenvalue weighted by atomic mass is 9.51. The lowest BCUT2D eigenvalue weighted by Gasteiger charge is -2.59. The zero-order valence-electron chi connectivity index (χ0n) is 20.9. The number of benzene rings is 2. The molecule has 0 radical (unpaired) electrons. The molecule has 10 nitrogen and oxygen atoms in total. The molecular weight excluding hydrogens is 482 g/mol. The predicted molar refractivity (Wildman–Crippen MR) is 127 cm³/mol. The van der Waals surface area contributed by atoms with Gasteiger partial charge < -0.3 is 43.6 Å². The van der Waals surface area contributed by atoms with Gasteiger partial charge in [0.15, 0.2) is 23.0 Å². The number of fused-ring (bicyclic) bond motifs is 4. The molecule has 2 aliphatic carbocycles. The molecule has 1 spiro atoms. The monoisotopic (exact) mass is 511 g/mol. The summed E-state index contributed by atoms with van der Waals surface area (Å²) in [5, 5.41) is 15.4. The molecule has 2 bridgehead atoms. The SMILES string of the molecule is COc1ccc(C(=O)OC2CC34CCNC35CC(OC5(OC)C2O)c2cc3c(cc24)OCO3)cc1OC. The van der Waals surface area contributed by atoms with Crippen molar-refractivity contribution in [2.24, 2.45) is 0 Å². The highest BCUT2D eigenvalue weighted by Gasteiger charge is 2.81. The van der Waals surface area contributed by atoms with E-state index in [1.165, 1.54) is 14.2 Å². The Labute approximate surface area is 213 Å². The largest absolute Gasteiger partial charge is 0.493 e. The number of ether oxygens (including phenoxy) is 7. The summed E-state index contributed by atoms with van der Waals surface area (Å²) in [5.74, 6) is 0.286. The second-order valence-electron chi connectivity index (χ2n) is 10.3. The van der Waals surface area contributed by atoms with Gasteiger partial charge in [0.2, 0.25) is 12.6 Å². The Morgan fingerprint density at radius 2 is 1.84 bits per heavy atom. The first-order valence-electron chi connectivity index (χ1n) is 12.4. The van der Waals surface area contributed by atoms with Gasteiger partial charge in [-0.05, 0) is 60.8 Å². The molecule has 5 aliphatic rings. The van der Waals surface area contributed by atoms with Crippen molar-refractivity contribution in [2.45, 2.75) is 54.3 Å². The maximum absolute atomic E-state index is 13.3. The quantitative estimate of drug-likeness (QED) is 0.579. The topological polar surface area (TPSA) is 114 Å². The Morgan fingerprint density at radius 1 is 1.05 bits per heavy atom. The molecule has 10 heteroatoms. The molecule has 0 amide bonds. The van der Waals surface area contributed by atoms with E-state index >= 15 is 0 Å². The number of esters is 1. The van der Waals surface area contributed by atoms with Crippen molar-refractivity contribution in [2.75, 3.05) is 34.7 Å². The highest BCUT2D eigenvalue weighted by atomic mass is 16.7. The van der Waals surface area contributed by atoms with Crippen LogP contribution in [-0.2, 0) is 19.6 Å². The molecule has 2 N–H and O–H groups in total. The second kappa shape index (κ2) is 7.73. The number of rotatable bonds is 5.